The molecule has 29 heavy (non-hydrogen) atoms. The lowest BCUT2D eigenvalue weighted by atomic mass is 10.2. The van der Waals surface area contributed by atoms with Crippen LogP contribution in [0.3, 0.4) is 0 Å². The minimum absolute atomic E-state index is 0.0552. The number of benzene rings is 2. The fourth-order valence-electron chi connectivity index (χ4n) is 2.70. The smallest absolute Gasteiger partial charge is 0.264 e. The van der Waals surface area contributed by atoms with Gasteiger partial charge >= 0.3 is 0 Å². The molecule has 0 aliphatic heterocycles. The summed E-state index contributed by atoms with van der Waals surface area (Å²) in [4.78, 5) is 4.17. The van der Waals surface area contributed by atoms with Crippen LogP contribution in [0.2, 0.25) is 0 Å². The second kappa shape index (κ2) is 8.71. The molecule has 0 aliphatic rings. The molecule has 0 fully saturated rings. The Bertz CT molecular complexity index is 1100. The first-order valence-corrected chi connectivity index (χ1v) is 10.4. The van der Waals surface area contributed by atoms with Crippen molar-refractivity contribution in [3.05, 3.63) is 71.1 Å². The zero-order chi connectivity index (χ0) is 21.0. The van der Waals surface area contributed by atoms with E-state index in [1.54, 1.807) is 6.92 Å². The molecule has 0 atom stereocenters. The highest BCUT2D eigenvalue weighted by atomic mass is 32.2. The van der Waals surface area contributed by atoms with Crippen LogP contribution >= 0.6 is 0 Å². The summed E-state index contributed by atoms with van der Waals surface area (Å²) in [5.41, 5.74) is 1.56. The highest BCUT2D eigenvalue weighted by Crippen LogP contribution is 2.20. The first-order chi connectivity index (χ1) is 13.8. The Morgan fingerprint density at radius 2 is 1.97 bits per heavy atom. The first kappa shape index (κ1) is 20.9. The Hall–Kier alpha value is -2.78. The Balaban J connectivity index is 1.59. The van der Waals surface area contributed by atoms with Gasteiger partial charge in [0.2, 0.25) is 10.0 Å². The molecule has 0 N–H and O–H groups in total. The maximum absolute atomic E-state index is 13.5. The van der Waals surface area contributed by atoms with E-state index in [1.165, 1.54) is 19.2 Å². The van der Waals surface area contributed by atoms with Gasteiger partial charge in [-0.2, -0.15) is 4.98 Å². The van der Waals surface area contributed by atoms with E-state index >= 15 is 0 Å². The van der Waals surface area contributed by atoms with Crippen LogP contribution in [0.15, 0.2) is 51.9 Å². The fourth-order valence-corrected chi connectivity index (χ4v) is 4.10. The second-order valence-electron chi connectivity index (χ2n) is 6.70. The maximum atomic E-state index is 13.5. The van der Waals surface area contributed by atoms with Crippen molar-refractivity contribution in [1.29, 1.82) is 0 Å². The molecular weight excluding hydrogens is 397 g/mol. The molecule has 9 heteroatoms. The standard InChI is InChI=1S/C20H22FN3O4S/c1-14-5-4-6-17(11-14)27-13-20-22-19(23-28-20)9-10-24(3)29(25,26)18-12-16(21)8-7-15(18)2/h4-8,11-12H,9-10,13H2,1-3H3. The Morgan fingerprint density at radius 1 is 1.17 bits per heavy atom. The molecule has 2 aromatic carbocycles. The molecule has 154 valence electrons. The van der Waals surface area contributed by atoms with Crippen LogP contribution in [0.1, 0.15) is 22.8 Å². The van der Waals surface area contributed by atoms with Gasteiger partial charge in [-0.05, 0) is 49.2 Å². The summed E-state index contributed by atoms with van der Waals surface area (Å²) in [5, 5.41) is 3.86. The maximum Gasteiger partial charge on any atom is 0.264 e. The number of likely N-dealkylation sites (N-methyl/N-ethyl adjacent to an activating group) is 1. The molecule has 0 spiro atoms. The fraction of sp³-hybridized carbons (Fsp3) is 0.300. The van der Waals surface area contributed by atoms with Crippen molar-refractivity contribution in [3.8, 4) is 5.75 Å². The molecule has 0 aliphatic carbocycles. The summed E-state index contributed by atoms with van der Waals surface area (Å²) >= 11 is 0. The van der Waals surface area contributed by atoms with Crippen LogP contribution < -0.4 is 4.74 Å². The van der Waals surface area contributed by atoms with Gasteiger partial charge in [0.05, 0.1) is 4.90 Å². The van der Waals surface area contributed by atoms with Gasteiger partial charge in [-0.25, -0.2) is 17.1 Å². The van der Waals surface area contributed by atoms with E-state index in [0.717, 1.165) is 15.9 Å². The topological polar surface area (TPSA) is 85.5 Å². The zero-order valence-corrected chi connectivity index (χ0v) is 17.2. The van der Waals surface area contributed by atoms with E-state index < -0.39 is 15.8 Å². The lowest BCUT2D eigenvalue weighted by molar-refractivity contribution is 0.242. The van der Waals surface area contributed by atoms with Crippen LogP contribution in [-0.2, 0) is 23.1 Å². The molecule has 0 bridgehead atoms. The summed E-state index contributed by atoms with van der Waals surface area (Å²) in [6.07, 6.45) is 0.248. The van der Waals surface area contributed by atoms with Crippen molar-refractivity contribution in [2.24, 2.45) is 0 Å². The molecule has 0 unspecified atom stereocenters. The first-order valence-electron chi connectivity index (χ1n) is 8.99. The molecule has 0 saturated heterocycles. The predicted molar refractivity (Wildman–Crippen MR) is 104 cm³/mol. The van der Waals surface area contributed by atoms with Crippen molar-refractivity contribution in [3.63, 3.8) is 0 Å². The third-order valence-electron chi connectivity index (χ3n) is 4.35. The predicted octanol–water partition coefficient (Wildman–Crippen LogP) is 3.27. The highest BCUT2D eigenvalue weighted by Gasteiger charge is 2.23. The van der Waals surface area contributed by atoms with Crippen LogP contribution in [0, 0.1) is 19.7 Å². The summed E-state index contributed by atoms with van der Waals surface area (Å²) in [6, 6.07) is 11.3. The molecule has 3 rings (SSSR count). The number of ether oxygens (including phenoxy) is 1. The number of halogens is 1. The minimum Gasteiger partial charge on any atom is -0.484 e. The van der Waals surface area contributed by atoms with E-state index in [4.69, 9.17) is 9.26 Å². The van der Waals surface area contributed by atoms with Gasteiger partial charge in [-0.15, -0.1) is 0 Å². The normalized spacial score (nSPS) is 11.8. The van der Waals surface area contributed by atoms with E-state index in [1.807, 2.05) is 31.2 Å². The Labute approximate surface area is 169 Å². The lowest BCUT2D eigenvalue weighted by Crippen LogP contribution is -2.29. The van der Waals surface area contributed by atoms with Gasteiger partial charge in [0, 0.05) is 20.0 Å². The SMILES string of the molecule is Cc1cccc(OCc2nc(CCN(C)S(=O)(=O)c3cc(F)ccc3C)no2)c1. The summed E-state index contributed by atoms with van der Waals surface area (Å²) in [6.45, 7) is 3.83. The van der Waals surface area contributed by atoms with Crippen molar-refractivity contribution in [2.45, 2.75) is 31.8 Å². The van der Waals surface area contributed by atoms with E-state index in [0.29, 0.717) is 23.0 Å². The van der Waals surface area contributed by atoms with Gasteiger partial charge in [0.25, 0.3) is 5.89 Å². The van der Waals surface area contributed by atoms with Gasteiger partial charge in [-0.3, -0.25) is 0 Å². The van der Waals surface area contributed by atoms with Gasteiger partial charge in [0.15, 0.2) is 12.4 Å². The molecular formula is C20H22FN3O4S. The third-order valence-corrected chi connectivity index (χ3v) is 6.35. The Morgan fingerprint density at radius 3 is 2.72 bits per heavy atom. The lowest BCUT2D eigenvalue weighted by Gasteiger charge is -2.17. The molecule has 0 saturated carbocycles. The number of rotatable bonds is 8. The van der Waals surface area contributed by atoms with Crippen LogP contribution in [0.4, 0.5) is 4.39 Å². The summed E-state index contributed by atoms with van der Waals surface area (Å²) in [7, 11) is -2.39. The van der Waals surface area contributed by atoms with Gasteiger partial charge in [0.1, 0.15) is 11.6 Å². The molecule has 1 aromatic heterocycles. The average molecular weight is 419 g/mol. The summed E-state index contributed by atoms with van der Waals surface area (Å²) < 4.78 is 50.8. The van der Waals surface area contributed by atoms with Crippen molar-refractivity contribution in [1.82, 2.24) is 14.4 Å². The average Bonchev–Trinajstić information content (AvgIpc) is 3.14. The molecule has 3 aromatic rings. The quantitative estimate of drug-likeness (QED) is 0.557. The monoisotopic (exact) mass is 419 g/mol. The van der Waals surface area contributed by atoms with Crippen LogP contribution in [0.5, 0.6) is 5.75 Å². The van der Waals surface area contributed by atoms with Crippen LogP contribution in [0.25, 0.3) is 0 Å². The van der Waals surface area contributed by atoms with Crippen molar-refractivity contribution < 1.29 is 22.1 Å². The van der Waals surface area contributed by atoms with E-state index in [9.17, 15) is 12.8 Å². The van der Waals surface area contributed by atoms with Crippen molar-refractivity contribution in [2.75, 3.05) is 13.6 Å². The number of sulfonamides is 1. The van der Waals surface area contributed by atoms with Crippen molar-refractivity contribution >= 4 is 10.0 Å². The molecule has 1 heterocycles. The van der Waals surface area contributed by atoms with Gasteiger partial charge < -0.3 is 9.26 Å². The van der Waals surface area contributed by atoms with E-state index in [-0.39, 0.29) is 24.5 Å². The van der Waals surface area contributed by atoms with Gasteiger partial charge in [-0.1, -0.05) is 23.4 Å². The minimum atomic E-state index is -3.82. The Kier molecular flexibility index (Phi) is 6.29. The number of aryl methyl sites for hydroxylation is 2. The highest BCUT2D eigenvalue weighted by molar-refractivity contribution is 7.89. The molecule has 0 radical (unpaired) electrons. The number of aromatic nitrogens is 2. The largest absolute Gasteiger partial charge is 0.484 e. The third kappa shape index (κ3) is 5.18. The molecule has 7 nitrogen and oxygen atoms in total. The summed E-state index contributed by atoms with van der Waals surface area (Å²) in [5.74, 6) is 0.763. The molecule has 0 amide bonds. The number of hydrogen-bond acceptors (Lipinski definition) is 6. The second-order valence-corrected chi connectivity index (χ2v) is 8.71. The number of hydrogen-bond donors (Lipinski definition) is 0. The number of nitrogens with zero attached hydrogens (tertiary/aromatic N) is 3. The zero-order valence-electron chi connectivity index (χ0n) is 16.4. The van der Waals surface area contributed by atoms with Crippen LogP contribution in [-0.4, -0.2) is 36.5 Å². The van der Waals surface area contributed by atoms with E-state index in [2.05, 4.69) is 10.1 Å².